The smallest absolute Gasteiger partial charge is 0.172 e. The van der Waals surface area contributed by atoms with Gasteiger partial charge in [-0.25, -0.2) is 0 Å². The molecule has 0 unspecified atom stereocenters. The predicted molar refractivity (Wildman–Crippen MR) is 106 cm³/mol. The average Bonchev–Trinajstić information content (AvgIpc) is 2.68. The third kappa shape index (κ3) is 2.68. The minimum Gasteiger partial charge on any atom is -0.309 e. The minimum atomic E-state index is -3.03. The third-order valence-corrected chi connectivity index (χ3v) is 7.31. The molecule has 3 rings (SSSR count). The Kier molecular flexibility index (Phi) is 4.64. The maximum Gasteiger partial charge on any atom is 0.172 e. The second-order valence-corrected chi connectivity index (χ2v) is 8.17. The van der Waals surface area contributed by atoms with Crippen LogP contribution < -0.4 is 15.9 Å². The highest BCUT2D eigenvalue weighted by molar-refractivity contribution is 7.85. The maximum absolute atomic E-state index is 14.5. The van der Waals surface area contributed by atoms with Crippen LogP contribution in [0.2, 0.25) is 0 Å². The molecule has 0 heterocycles. The molecule has 0 bridgehead atoms. The van der Waals surface area contributed by atoms with Crippen molar-refractivity contribution in [3.05, 3.63) is 103 Å². The lowest BCUT2D eigenvalue weighted by Gasteiger charge is -2.23. The zero-order chi connectivity index (χ0) is 17.0. The first-order chi connectivity index (χ1) is 11.7. The van der Waals surface area contributed by atoms with E-state index in [1.54, 1.807) is 12.2 Å². The van der Waals surface area contributed by atoms with Crippen molar-refractivity contribution in [2.45, 2.75) is 0 Å². The van der Waals surface area contributed by atoms with E-state index in [0.29, 0.717) is 0 Å². The first-order valence-electron chi connectivity index (χ1n) is 7.81. The Morgan fingerprint density at radius 1 is 0.625 bits per heavy atom. The van der Waals surface area contributed by atoms with Gasteiger partial charge in [-0.05, 0) is 11.1 Å². The highest BCUT2D eigenvalue weighted by Crippen LogP contribution is 2.44. The molecule has 0 saturated heterocycles. The molecule has 0 aliphatic rings. The summed E-state index contributed by atoms with van der Waals surface area (Å²) in [6, 6.07) is 25.2. The summed E-state index contributed by atoms with van der Waals surface area (Å²) in [6.45, 7) is 7.79. The number of hydrogen-bond acceptors (Lipinski definition) is 1. The maximum atomic E-state index is 14.5. The van der Waals surface area contributed by atoms with Gasteiger partial charge < -0.3 is 4.57 Å². The molecule has 0 aromatic heterocycles. The van der Waals surface area contributed by atoms with Crippen molar-refractivity contribution >= 4 is 35.2 Å². The van der Waals surface area contributed by atoms with Crippen molar-refractivity contribution in [1.82, 2.24) is 0 Å². The monoisotopic (exact) mass is 330 g/mol. The lowest BCUT2D eigenvalue weighted by molar-refractivity contribution is 0.592. The van der Waals surface area contributed by atoms with E-state index in [9.17, 15) is 4.57 Å². The first kappa shape index (κ1) is 16.2. The summed E-state index contributed by atoms with van der Waals surface area (Å²) in [4.78, 5) is 0. The molecule has 3 aromatic rings. The number of benzene rings is 3. The topological polar surface area (TPSA) is 17.1 Å². The lowest BCUT2D eigenvalue weighted by atomic mass is 10.2. The van der Waals surface area contributed by atoms with Gasteiger partial charge in [-0.2, -0.15) is 0 Å². The van der Waals surface area contributed by atoms with Gasteiger partial charge in [-0.15, -0.1) is 0 Å². The van der Waals surface area contributed by atoms with Crippen molar-refractivity contribution in [3.63, 3.8) is 0 Å². The van der Waals surface area contributed by atoms with Crippen LogP contribution >= 0.6 is 7.14 Å². The van der Waals surface area contributed by atoms with Crippen molar-refractivity contribution < 1.29 is 4.57 Å². The van der Waals surface area contributed by atoms with E-state index in [2.05, 4.69) is 13.2 Å². The van der Waals surface area contributed by atoms with Gasteiger partial charge in [0.05, 0.1) is 0 Å². The molecule has 24 heavy (non-hydrogen) atoms. The van der Waals surface area contributed by atoms with E-state index in [-0.39, 0.29) is 0 Å². The SMILES string of the molecule is C=Cc1ccccc1P(=O)(c1ccccc1)c1ccccc1C=C. The van der Waals surface area contributed by atoms with Gasteiger partial charge in [0.1, 0.15) is 0 Å². The Hall–Kier alpha value is -2.63. The summed E-state index contributed by atoms with van der Waals surface area (Å²) in [7, 11) is -3.03. The quantitative estimate of drug-likeness (QED) is 0.624. The Labute approximate surface area is 143 Å². The zero-order valence-corrected chi connectivity index (χ0v) is 14.3. The molecule has 118 valence electrons. The van der Waals surface area contributed by atoms with Crippen molar-refractivity contribution in [2.24, 2.45) is 0 Å². The number of hydrogen-bond donors (Lipinski definition) is 0. The van der Waals surface area contributed by atoms with Crippen LogP contribution in [0.4, 0.5) is 0 Å². The molecule has 0 amide bonds. The normalized spacial score (nSPS) is 11.0. The minimum absolute atomic E-state index is 0.806. The van der Waals surface area contributed by atoms with Crippen LogP contribution in [-0.4, -0.2) is 0 Å². The van der Waals surface area contributed by atoms with E-state index >= 15 is 0 Å². The predicted octanol–water partition coefficient (Wildman–Crippen LogP) is 4.61. The standard InChI is InChI=1S/C22H19OP/c1-3-18-12-8-10-16-21(18)24(23,20-14-6-5-7-15-20)22-17-11-9-13-19(22)4-2/h3-17H,1-2H2. The molecule has 0 saturated carbocycles. The molecule has 2 heteroatoms. The lowest BCUT2D eigenvalue weighted by Crippen LogP contribution is -2.28. The van der Waals surface area contributed by atoms with Crippen LogP contribution in [0.3, 0.4) is 0 Å². The molecule has 0 N–H and O–H groups in total. The molecule has 0 radical (unpaired) electrons. The van der Waals surface area contributed by atoms with Crippen molar-refractivity contribution in [2.75, 3.05) is 0 Å². The van der Waals surface area contributed by atoms with Crippen molar-refractivity contribution in [3.8, 4) is 0 Å². The first-order valence-corrected chi connectivity index (χ1v) is 9.52. The molecule has 0 aliphatic carbocycles. The Morgan fingerprint density at radius 3 is 1.50 bits per heavy atom. The van der Waals surface area contributed by atoms with Gasteiger partial charge in [0.2, 0.25) is 0 Å². The zero-order valence-electron chi connectivity index (χ0n) is 13.4. The fourth-order valence-electron chi connectivity index (χ4n) is 2.94. The Balaban J connectivity index is 2.41. The molecule has 0 spiro atoms. The number of rotatable bonds is 5. The summed E-state index contributed by atoms with van der Waals surface area (Å²) in [5, 5.41) is 2.43. The summed E-state index contributed by atoms with van der Waals surface area (Å²) in [6.07, 6.45) is 3.53. The fraction of sp³-hybridized carbons (Fsp3) is 0. The highest BCUT2D eigenvalue weighted by atomic mass is 31.2. The molecule has 0 fully saturated rings. The van der Waals surface area contributed by atoms with Crippen LogP contribution in [0.1, 0.15) is 11.1 Å². The van der Waals surface area contributed by atoms with E-state index in [1.165, 1.54) is 0 Å². The van der Waals surface area contributed by atoms with E-state index < -0.39 is 7.14 Å². The van der Waals surface area contributed by atoms with Gasteiger partial charge in [-0.1, -0.05) is 104 Å². The van der Waals surface area contributed by atoms with Gasteiger partial charge in [0.15, 0.2) is 7.14 Å². The largest absolute Gasteiger partial charge is 0.309 e. The third-order valence-electron chi connectivity index (χ3n) is 4.11. The molecular formula is C22H19OP. The van der Waals surface area contributed by atoms with Gasteiger partial charge in [-0.3, -0.25) is 0 Å². The average molecular weight is 330 g/mol. The Morgan fingerprint density at radius 2 is 1.04 bits per heavy atom. The van der Waals surface area contributed by atoms with E-state index in [4.69, 9.17) is 0 Å². The van der Waals surface area contributed by atoms with Crippen LogP contribution in [0, 0.1) is 0 Å². The van der Waals surface area contributed by atoms with Crippen LogP contribution in [-0.2, 0) is 4.57 Å². The van der Waals surface area contributed by atoms with E-state index in [1.807, 2.05) is 78.9 Å². The van der Waals surface area contributed by atoms with Crippen LogP contribution in [0.5, 0.6) is 0 Å². The highest BCUT2D eigenvalue weighted by Gasteiger charge is 2.32. The molecule has 0 atom stereocenters. The van der Waals surface area contributed by atoms with Gasteiger partial charge >= 0.3 is 0 Å². The summed E-state index contributed by atoms with van der Waals surface area (Å²) < 4.78 is 14.5. The van der Waals surface area contributed by atoms with E-state index in [0.717, 1.165) is 27.0 Å². The molecule has 1 nitrogen and oxygen atoms in total. The fourth-order valence-corrected chi connectivity index (χ4v) is 6.00. The molecular weight excluding hydrogens is 311 g/mol. The Bertz CT molecular complexity index is 870. The summed E-state index contributed by atoms with van der Waals surface area (Å²) >= 11 is 0. The summed E-state index contributed by atoms with van der Waals surface area (Å²) in [5.74, 6) is 0. The second kappa shape index (κ2) is 6.86. The van der Waals surface area contributed by atoms with Crippen molar-refractivity contribution in [1.29, 1.82) is 0 Å². The van der Waals surface area contributed by atoms with Gasteiger partial charge in [0, 0.05) is 15.9 Å². The molecule has 3 aromatic carbocycles. The van der Waals surface area contributed by atoms with Crippen LogP contribution in [0.25, 0.3) is 12.2 Å². The second-order valence-electron chi connectivity index (χ2n) is 5.47. The summed E-state index contributed by atoms with van der Waals surface area (Å²) in [5.41, 5.74) is 1.78. The molecule has 0 aliphatic heterocycles. The van der Waals surface area contributed by atoms with Gasteiger partial charge in [0.25, 0.3) is 0 Å². The van der Waals surface area contributed by atoms with Crippen LogP contribution in [0.15, 0.2) is 92.0 Å².